The molecule has 2 heterocycles. The molecule has 0 radical (unpaired) electrons. The Bertz CT molecular complexity index is 1280. The Balaban J connectivity index is 1.94. The van der Waals surface area contributed by atoms with Crippen molar-refractivity contribution >= 4 is 40.1 Å². The minimum absolute atomic E-state index is 0.0757. The fourth-order valence-corrected chi connectivity index (χ4v) is 2.96. The molecule has 0 fully saturated rings. The van der Waals surface area contributed by atoms with Crippen molar-refractivity contribution in [1.82, 2.24) is 20.0 Å². The number of hydrogen-bond acceptors (Lipinski definition) is 6. The summed E-state index contributed by atoms with van der Waals surface area (Å²) >= 11 is 0. The third-order valence-corrected chi connectivity index (χ3v) is 4.36. The van der Waals surface area contributed by atoms with Crippen LogP contribution in [0.3, 0.4) is 0 Å². The Morgan fingerprint density at radius 1 is 1.17 bits per heavy atom. The molecule has 4 N–H and O–H groups in total. The molecule has 1 amide bonds. The van der Waals surface area contributed by atoms with Crippen molar-refractivity contribution < 1.29 is 9.90 Å². The zero-order valence-corrected chi connectivity index (χ0v) is 15.4. The summed E-state index contributed by atoms with van der Waals surface area (Å²) in [4.78, 5) is 21.9. The number of nitrogens with one attached hydrogen (secondary N) is 1. The Morgan fingerprint density at radius 2 is 1.86 bits per heavy atom. The Kier molecular flexibility index (Phi) is 4.66. The van der Waals surface area contributed by atoms with Crippen LogP contribution in [0.1, 0.15) is 15.9 Å². The number of phenolic OH excluding ortho intramolecular Hbond substituents is 1. The Morgan fingerprint density at radius 3 is 2.59 bits per heavy atom. The Labute approximate surface area is 166 Å². The minimum atomic E-state index is -0.395. The smallest absolute Gasteiger partial charge is 0.257 e. The van der Waals surface area contributed by atoms with Gasteiger partial charge >= 0.3 is 0 Å². The molecule has 0 aliphatic heterocycles. The van der Waals surface area contributed by atoms with E-state index in [1.54, 1.807) is 30.3 Å². The van der Waals surface area contributed by atoms with Crippen molar-refractivity contribution in [2.75, 3.05) is 12.3 Å². The summed E-state index contributed by atoms with van der Waals surface area (Å²) < 4.78 is 1.35. The maximum absolute atomic E-state index is 12.7. The minimum Gasteiger partial charge on any atom is -0.507 e. The number of nitrogen functional groups attached to an aromatic ring is 1. The van der Waals surface area contributed by atoms with Crippen LogP contribution in [0.15, 0.2) is 66.3 Å². The molecule has 144 valence electrons. The number of para-hydroxylation sites is 3. The van der Waals surface area contributed by atoms with Crippen molar-refractivity contribution in [2.24, 2.45) is 5.10 Å². The first-order chi connectivity index (χ1) is 14.1. The maximum atomic E-state index is 12.7. The SMILES string of the molecule is C=CCNC(=O)c1c(N)n(N=Cc2ccccc2O)c2nc3ccccc3nc12. The second-order valence-corrected chi connectivity index (χ2v) is 6.26. The highest BCUT2D eigenvalue weighted by atomic mass is 16.3. The summed E-state index contributed by atoms with van der Waals surface area (Å²) in [7, 11) is 0. The highest BCUT2D eigenvalue weighted by Gasteiger charge is 2.23. The van der Waals surface area contributed by atoms with E-state index >= 15 is 0 Å². The maximum Gasteiger partial charge on any atom is 0.257 e. The first-order valence-corrected chi connectivity index (χ1v) is 8.88. The second-order valence-electron chi connectivity index (χ2n) is 6.26. The van der Waals surface area contributed by atoms with E-state index in [4.69, 9.17) is 5.73 Å². The molecule has 0 saturated carbocycles. The van der Waals surface area contributed by atoms with E-state index in [9.17, 15) is 9.90 Å². The lowest BCUT2D eigenvalue weighted by molar-refractivity contribution is 0.0960. The average Bonchev–Trinajstić information content (AvgIpc) is 3.00. The van der Waals surface area contributed by atoms with E-state index in [0.29, 0.717) is 27.8 Å². The monoisotopic (exact) mass is 386 g/mol. The molecule has 0 aliphatic rings. The molecule has 2 aromatic carbocycles. The van der Waals surface area contributed by atoms with E-state index in [1.165, 1.54) is 10.9 Å². The van der Waals surface area contributed by atoms with Crippen molar-refractivity contribution in [3.63, 3.8) is 0 Å². The summed E-state index contributed by atoms with van der Waals surface area (Å²) in [5, 5.41) is 17.0. The van der Waals surface area contributed by atoms with Gasteiger partial charge in [0.15, 0.2) is 5.65 Å². The van der Waals surface area contributed by atoms with Gasteiger partial charge in [0, 0.05) is 12.1 Å². The van der Waals surface area contributed by atoms with Gasteiger partial charge in [-0.15, -0.1) is 6.58 Å². The van der Waals surface area contributed by atoms with Gasteiger partial charge < -0.3 is 16.2 Å². The lowest BCUT2D eigenvalue weighted by Gasteiger charge is -2.03. The quantitative estimate of drug-likeness (QED) is 0.360. The first kappa shape index (κ1) is 18.2. The zero-order valence-electron chi connectivity index (χ0n) is 15.4. The summed E-state index contributed by atoms with van der Waals surface area (Å²) in [5.41, 5.74) is 8.94. The molecule has 4 aromatic rings. The number of aromatic hydroxyl groups is 1. The molecular formula is C21H18N6O2. The number of amides is 1. The normalized spacial score (nSPS) is 11.3. The number of hydrogen-bond donors (Lipinski definition) is 3. The molecule has 8 nitrogen and oxygen atoms in total. The molecule has 0 atom stereocenters. The van der Waals surface area contributed by atoms with Gasteiger partial charge in [0.05, 0.1) is 17.2 Å². The van der Waals surface area contributed by atoms with Gasteiger partial charge in [-0.05, 0) is 24.3 Å². The van der Waals surface area contributed by atoms with E-state index in [1.807, 2.05) is 24.3 Å². The van der Waals surface area contributed by atoms with Crippen molar-refractivity contribution in [3.05, 3.63) is 72.3 Å². The number of nitrogens with two attached hydrogens (primary N) is 1. The standard InChI is InChI=1S/C21H18N6O2/c1-2-11-23-21(29)17-18-20(26-15-9-5-4-8-14(15)25-18)27(19(17)22)24-12-13-7-3-6-10-16(13)28/h2-10,12,28H,1,11,22H2,(H,23,29). The summed E-state index contributed by atoms with van der Waals surface area (Å²) in [6, 6.07) is 14.1. The molecule has 29 heavy (non-hydrogen) atoms. The van der Waals surface area contributed by atoms with Gasteiger partial charge in [0.1, 0.15) is 22.6 Å². The lowest BCUT2D eigenvalue weighted by atomic mass is 10.2. The number of fused-ring (bicyclic) bond motifs is 2. The summed E-state index contributed by atoms with van der Waals surface area (Å²) in [5.74, 6) is -0.219. The highest BCUT2D eigenvalue weighted by molar-refractivity contribution is 6.10. The number of nitrogens with zero attached hydrogens (tertiary/aromatic N) is 4. The van der Waals surface area contributed by atoms with Crippen LogP contribution in [-0.4, -0.2) is 38.4 Å². The van der Waals surface area contributed by atoms with Gasteiger partial charge in [0.25, 0.3) is 5.91 Å². The van der Waals surface area contributed by atoms with Crippen LogP contribution in [0.25, 0.3) is 22.2 Å². The van der Waals surface area contributed by atoms with Gasteiger partial charge in [-0.3, -0.25) is 4.79 Å². The first-order valence-electron chi connectivity index (χ1n) is 8.88. The van der Waals surface area contributed by atoms with Crippen LogP contribution >= 0.6 is 0 Å². The number of carbonyl (C=O) groups is 1. The number of anilines is 1. The molecule has 2 aromatic heterocycles. The summed E-state index contributed by atoms with van der Waals surface area (Å²) in [6.45, 7) is 3.89. The molecule has 0 saturated heterocycles. The third-order valence-electron chi connectivity index (χ3n) is 4.36. The fraction of sp³-hybridized carbons (Fsp3) is 0.0476. The van der Waals surface area contributed by atoms with E-state index in [-0.39, 0.29) is 23.7 Å². The number of rotatable bonds is 5. The molecule has 8 heteroatoms. The van der Waals surface area contributed by atoms with Crippen molar-refractivity contribution in [2.45, 2.75) is 0 Å². The number of carbonyl (C=O) groups excluding carboxylic acids is 1. The Hall–Kier alpha value is -4.20. The lowest BCUT2D eigenvalue weighted by Crippen LogP contribution is -2.24. The molecule has 4 rings (SSSR count). The van der Waals surface area contributed by atoms with Gasteiger partial charge in [0.2, 0.25) is 0 Å². The van der Waals surface area contributed by atoms with Crippen molar-refractivity contribution in [3.8, 4) is 5.75 Å². The van der Waals surface area contributed by atoms with Crippen molar-refractivity contribution in [1.29, 1.82) is 0 Å². The number of phenols is 1. The van der Waals surface area contributed by atoms with Crippen LogP contribution in [0.5, 0.6) is 5.75 Å². The van der Waals surface area contributed by atoms with Crippen LogP contribution < -0.4 is 11.1 Å². The van der Waals surface area contributed by atoms with Gasteiger partial charge in [-0.2, -0.15) is 9.78 Å². The van der Waals surface area contributed by atoms with Crippen LogP contribution in [-0.2, 0) is 0 Å². The van der Waals surface area contributed by atoms with E-state index < -0.39 is 5.91 Å². The summed E-state index contributed by atoms with van der Waals surface area (Å²) in [6.07, 6.45) is 3.03. The third kappa shape index (κ3) is 3.27. The largest absolute Gasteiger partial charge is 0.507 e. The fourth-order valence-electron chi connectivity index (χ4n) is 2.96. The molecule has 0 spiro atoms. The molecular weight excluding hydrogens is 368 g/mol. The van der Waals surface area contributed by atoms with Gasteiger partial charge in [-0.1, -0.05) is 30.3 Å². The van der Waals surface area contributed by atoms with E-state index in [0.717, 1.165) is 0 Å². The van der Waals surface area contributed by atoms with Crippen LogP contribution in [0.2, 0.25) is 0 Å². The molecule has 0 aliphatic carbocycles. The highest BCUT2D eigenvalue weighted by Crippen LogP contribution is 2.28. The van der Waals surface area contributed by atoms with E-state index in [2.05, 4.69) is 27.0 Å². The van der Waals surface area contributed by atoms with Crippen LogP contribution in [0.4, 0.5) is 5.82 Å². The topological polar surface area (TPSA) is 118 Å². The molecule has 0 bridgehead atoms. The second kappa shape index (κ2) is 7.43. The number of benzene rings is 2. The zero-order chi connectivity index (χ0) is 20.4. The van der Waals surface area contributed by atoms with Gasteiger partial charge in [-0.25, -0.2) is 9.97 Å². The average molecular weight is 386 g/mol. The van der Waals surface area contributed by atoms with Crippen LogP contribution in [0, 0.1) is 0 Å². The molecule has 0 unspecified atom stereocenters. The number of aromatic nitrogens is 3. The predicted molar refractivity (Wildman–Crippen MR) is 113 cm³/mol. The predicted octanol–water partition coefficient (Wildman–Crippen LogP) is 2.67.